The number of halogens is 1. The number of rotatable bonds is 2. The molecule has 6 heteroatoms. The zero-order chi connectivity index (χ0) is 15.1. The number of anilines is 1. The summed E-state index contributed by atoms with van der Waals surface area (Å²) in [6.07, 6.45) is 0. The van der Waals surface area contributed by atoms with Crippen LogP contribution in [0.1, 0.15) is 26.6 Å². The molecule has 108 valence electrons. The van der Waals surface area contributed by atoms with Gasteiger partial charge in [-0.1, -0.05) is 36.7 Å². The van der Waals surface area contributed by atoms with Crippen molar-refractivity contribution < 1.29 is 4.74 Å². The standard InChI is InChI=1S/C14H19BrN4O/c1-14(2,3)13-18-11(12(16)19(13)17)9-7-8(15)5-6-10(9)20-4/h5-7H,16-17H2,1-4H3. The van der Waals surface area contributed by atoms with Gasteiger partial charge in [0.15, 0.2) is 5.82 Å². The number of ether oxygens (including phenoxy) is 1. The molecule has 0 aliphatic rings. The molecule has 0 saturated heterocycles. The molecule has 1 aromatic heterocycles. The summed E-state index contributed by atoms with van der Waals surface area (Å²) in [5, 5.41) is 0. The lowest BCUT2D eigenvalue weighted by molar-refractivity contribution is 0.416. The normalized spacial score (nSPS) is 11.7. The molecule has 0 radical (unpaired) electrons. The van der Waals surface area contributed by atoms with Crippen molar-refractivity contribution in [2.45, 2.75) is 26.2 Å². The van der Waals surface area contributed by atoms with Crippen LogP contribution in [0.2, 0.25) is 0 Å². The van der Waals surface area contributed by atoms with E-state index in [2.05, 4.69) is 20.9 Å². The molecule has 2 aromatic rings. The zero-order valence-electron chi connectivity index (χ0n) is 12.1. The average molecular weight is 339 g/mol. The first-order valence-corrected chi connectivity index (χ1v) is 7.02. The van der Waals surface area contributed by atoms with Gasteiger partial charge in [-0.3, -0.25) is 0 Å². The van der Waals surface area contributed by atoms with E-state index in [4.69, 9.17) is 16.3 Å². The number of aromatic nitrogens is 2. The smallest absolute Gasteiger partial charge is 0.151 e. The Kier molecular flexibility index (Phi) is 3.69. The molecule has 0 saturated carbocycles. The molecule has 0 bridgehead atoms. The van der Waals surface area contributed by atoms with Gasteiger partial charge >= 0.3 is 0 Å². The highest BCUT2D eigenvalue weighted by Gasteiger charge is 2.25. The van der Waals surface area contributed by atoms with Gasteiger partial charge in [-0.05, 0) is 18.2 Å². The van der Waals surface area contributed by atoms with E-state index in [1.807, 2.05) is 39.0 Å². The van der Waals surface area contributed by atoms with Gasteiger partial charge < -0.3 is 16.3 Å². The number of methoxy groups -OCH3 is 1. The van der Waals surface area contributed by atoms with Crippen LogP contribution in [0.3, 0.4) is 0 Å². The molecule has 0 aliphatic carbocycles. The highest BCUT2D eigenvalue weighted by atomic mass is 79.9. The summed E-state index contributed by atoms with van der Waals surface area (Å²) in [6, 6.07) is 5.69. The van der Waals surface area contributed by atoms with E-state index in [-0.39, 0.29) is 5.41 Å². The summed E-state index contributed by atoms with van der Waals surface area (Å²) in [7, 11) is 1.62. The molecule has 0 spiro atoms. The molecular weight excluding hydrogens is 320 g/mol. The van der Waals surface area contributed by atoms with Crippen molar-refractivity contribution in [2.75, 3.05) is 18.7 Å². The van der Waals surface area contributed by atoms with Crippen LogP contribution in [-0.2, 0) is 5.41 Å². The topological polar surface area (TPSA) is 79.1 Å². The van der Waals surface area contributed by atoms with Crippen molar-refractivity contribution in [3.8, 4) is 17.0 Å². The third-order valence-corrected chi connectivity index (χ3v) is 3.53. The zero-order valence-corrected chi connectivity index (χ0v) is 13.7. The van der Waals surface area contributed by atoms with E-state index >= 15 is 0 Å². The van der Waals surface area contributed by atoms with Gasteiger partial charge in [0.1, 0.15) is 17.3 Å². The number of nitrogens with zero attached hydrogens (tertiary/aromatic N) is 2. The van der Waals surface area contributed by atoms with E-state index in [1.54, 1.807) is 7.11 Å². The van der Waals surface area contributed by atoms with Gasteiger partial charge in [0.05, 0.1) is 7.11 Å². The molecule has 0 atom stereocenters. The number of hydrogen-bond donors (Lipinski definition) is 2. The van der Waals surface area contributed by atoms with Crippen LogP contribution in [0.5, 0.6) is 5.75 Å². The van der Waals surface area contributed by atoms with Gasteiger partial charge in [-0.15, -0.1) is 0 Å². The monoisotopic (exact) mass is 338 g/mol. The van der Waals surface area contributed by atoms with E-state index < -0.39 is 0 Å². The molecule has 0 fully saturated rings. The number of benzene rings is 1. The Morgan fingerprint density at radius 3 is 2.45 bits per heavy atom. The largest absolute Gasteiger partial charge is 0.496 e. The van der Waals surface area contributed by atoms with Crippen molar-refractivity contribution in [1.82, 2.24) is 9.66 Å². The fourth-order valence-corrected chi connectivity index (χ4v) is 2.40. The first kappa shape index (κ1) is 14.7. The van der Waals surface area contributed by atoms with Crippen LogP contribution >= 0.6 is 15.9 Å². The highest BCUT2D eigenvalue weighted by molar-refractivity contribution is 9.10. The van der Waals surface area contributed by atoms with Gasteiger partial charge in [0, 0.05) is 15.5 Å². The summed E-state index contributed by atoms with van der Waals surface area (Å²) in [6.45, 7) is 6.13. The summed E-state index contributed by atoms with van der Waals surface area (Å²) in [5.74, 6) is 7.89. The van der Waals surface area contributed by atoms with E-state index in [1.165, 1.54) is 4.68 Å². The molecule has 2 rings (SSSR count). The van der Waals surface area contributed by atoms with Crippen LogP contribution in [0.4, 0.5) is 5.82 Å². The van der Waals surface area contributed by atoms with Gasteiger partial charge in [0.25, 0.3) is 0 Å². The predicted molar refractivity (Wildman–Crippen MR) is 85.2 cm³/mol. The Bertz CT molecular complexity index is 643. The molecule has 0 amide bonds. The summed E-state index contributed by atoms with van der Waals surface area (Å²) in [5.41, 5.74) is 7.37. The number of nitrogen functional groups attached to an aromatic ring is 2. The summed E-state index contributed by atoms with van der Waals surface area (Å²) in [4.78, 5) is 4.61. The van der Waals surface area contributed by atoms with Crippen LogP contribution in [0.15, 0.2) is 22.7 Å². The molecule has 1 aromatic carbocycles. The average Bonchev–Trinajstić information content (AvgIpc) is 2.66. The van der Waals surface area contributed by atoms with Crippen molar-refractivity contribution in [2.24, 2.45) is 0 Å². The molecular formula is C14H19BrN4O. The first-order valence-electron chi connectivity index (χ1n) is 6.23. The predicted octanol–water partition coefficient (Wildman–Crippen LogP) is 2.91. The fourth-order valence-electron chi connectivity index (χ4n) is 2.04. The Morgan fingerprint density at radius 2 is 1.95 bits per heavy atom. The maximum absolute atomic E-state index is 6.11. The molecule has 0 unspecified atom stereocenters. The second-order valence-electron chi connectivity index (χ2n) is 5.63. The molecule has 20 heavy (non-hydrogen) atoms. The highest BCUT2D eigenvalue weighted by Crippen LogP contribution is 2.36. The maximum atomic E-state index is 6.11. The Balaban J connectivity index is 2.68. The van der Waals surface area contributed by atoms with Crippen molar-refractivity contribution in [3.63, 3.8) is 0 Å². The van der Waals surface area contributed by atoms with E-state index in [0.29, 0.717) is 17.3 Å². The van der Waals surface area contributed by atoms with Crippen LogP contribution in [0.25, 0.3) is 11.3 Å². The molecule has 4 N–H and O–H groups in total. The minimum atomic E-state index is -0.194. The van der Waals surface area contributed by atoms with Crippen molar-refractivity contribution in [3.05, 3.63) is 28.5 Å². The van der Waals surface area contributed by atoms with Crippen molar-refractivity contribution in [1.29, 1.82) is 0 Å². The fraction of sp³-hybridized carbons (Fsp3) is 0.357. The molecule has 5 nitrogen and oxygen atoms in total. The molecule has 1 heterocycles. The first-order chi connectivity index (χ1) is 9.25. The number of nitrogens with two attached hydrogens (primary N) is 2. The minimum absolute atomic E-state index is 0.194. The number of hydrogen-bond acceptors (Lipinski definition) is 4. The lowest BCUT2D eigenvalue weighted by atomic mass is 9.96. The van der Waals surface area contributed by atoms with Crippen molar-refractivity contribution >= 4 is 21.7 Å². The third-order valence-electron chi connectivity index (χ3n) is 3.04. The second kappa shape index (κ2) is 5.01. The summed E-state index contributed by atoms with van der Waals surface area (Å²) >= 11 is 3.45. The second-order valence-corrected chi connectivity index (χ2v) is 6.55. The Labute approximate surface area is 127 Å². The maximum Gasteiger partial charge on any atom is 0.151 e. The van der Waals surface area contributed by atoms with Crippen LogP contribution < -0.4 is 16.3 Å². The van der Waals surface area contributed by atoms with Gasteiger partial charge in [-0.2, -0.15) is 0 Å². The van der Waals surface area contributed by atoms with Gasteiger partial charge in [0.2, 0.25) is 0 Å². The Morgan fingerprint density at radius 1 is 1.30 bits per heavy atom. The quantitative estimate of drug-likeness (QED) is 0.825. The van der Waals surface area contributed by atoms with E-state index in [9.17, 15) is 0 Å². The summed E-state index contributed by atoms with van der Waals surface area (Å²) < 4.78 is 7.75. The SMILES string of the molecule is COc1ccc(Br)cc1-c1nc(C(C)(C)C)n(N)c1N. The number of imidazole rings is 1. The third kappa shape index (κ3) is 2.47. The lowest BCUT2D eigenvalue weighted by Gasteiger charge is -2.17. The minimum Gasteiger partial charge on any atom is -0.496 e. The van der Waals surface area contributed by atoms with Gasteiger partial charge in [-0.25, -0.2) is 9.66 Å². The van der Waals surface area contributed by atoms with Crippen LogP contribution in [0, 0.1) is 0 Å². The van der Waals surface area contributed by atoms with E-state index in [0.717, 1.165) is 15.9 Å². The molecule has 0 aliphatic heterocycles. The lowest BCUT2D eigenvalue weighted by Crippen LogP contribution is -2.24. The van der Waals surface area contributed by atoms with Crippen LogP contribution in [-0.4, -0.2) is 16.8 Å². The Hall–Kier alpha value is -1.69.